The van der Waals surface area contributed by atoms with Crippen molar-refractivity contribution >= 4 is 11.3 Å². The molecule has 0 amide bonds. The quantitative estimate of drug-likeness (QED) is 0.835. The van der Waals surface area contributed by atoms with Crippen molar-refractivity contribution in [2.45, 2.75) is 47.1 Å². The molecule has 2 heteroatoms. The lowest BCUT2D eigenvalue weighted by molar-refractivity contribution is 0.403. The average Bonchev–Trinajstić information content (AvgIpc) is 2.59. The summed E-state index contributed by atoms with van der Waals surface area (Å²) in [5.41, 5.74) is 2.42. The molecule has 0 aromatic carbocycles. The number of thiophene rings is 1. The molecule has 1 saturated carbocycles. The van der Waals surface area contributed by atoms with Crippen LogP contribution in [-0.4, -0.2) is 12.6 Å². The van der Waals surface area contributed by atoms with E-state index in [2.05, 4.69) is 56.8 Å². The van der Waals surface area contributed by atoms with E-state index in [9.17, 15) is 0 Å². The Morgan fingerprint density at radius 2 is 1.94 bits per heavy atom. The minimum Gasteiger partial charge on any atom is -0.314 e. The van der Waals surface area contributed by atoms with Crippen molar-refractivity contribution < 1.29 is 0 Å². The third kappa shape index (κ3) is 2.17. The predicted octanol–water partition coefficient (Wildman–Crippen LogP) is 3.95. The standard InChI is InChI=1S/C15H25NS/c1-6-16-12(9-11-7-8-17-10-11)13-14(2,3)15(13,4)5/h7-8,10,12-13,16H,6,9H2,1-5H3. The number of rotatable bonds is 5. The SMILES string of the molecule is CCNC(Cc1ccsc1)C1C(C)(C)C1(C)C. The number of likely N-dealkylation sites (N-methyl/N-ethyl adjacent to an activating group) is 1. The van der Waals surface area contributed by atoms with E-state index >= 15 is 0 Å². The van der Waals surface area contributed by atoms with Gasteiger partial charge in [0.05, 0.1) is 0 Å². The van der Waals surface area contributed by atoms with Crippen LogP contribution >= 0.6 is 11.3 Å². The Labute approximate surface area is 110 Å². The molecule has 1 atom stereocenters. The molecule has 1 heterocycles. The van der Waals surface area contributed by atoms with Crippen LogP contribution < -0.4 is 5.32 Å². The third-order valence-corrected chi connectivity index (χ3v) is 5.77. The molecule has 17 heavy (non-hydrogen) atoms. The maximum atomic E-state index is 3.70. The van der Waals surface area contributed by atoms with Crippen LogP contribution in [0, 0.1) is 16.7 Å². The van der Waals surface area contributed by atoms with E-state index in [1.54, 1.807) is 11.3 Å². The summed E-state index contributed by atoms with van der Waals surface area (Å²) in [6, 6.07) is 2.89. The van der Waals surface area contributed by atoms with E-state index in [0.717, 1.165) is 12.5 Å². The number of hydrogen-bond acceptors (Lipinski definition) is 2. The minimum atomic E-state index is 0.468. The van der Waals surface area contributed by atoms with Crippen molar-refractivity contribution in [3.05, 3.63) is 22.4 Å². The molecule has 1 aromatic heterocycles. The van der Waals surface area contributed by atoms with Gasteiger partial charge in [-0.1, -0.05) is 34.6 Å². The summed E-state index contributed by atoms with van der Waals surface area (Å²) in [6.07, 6.45) is 1.18. The molecular weight excluding hydrogens is 226 g/mol. The van der Waals surface area contributed by atoms with Gasteiger partial charge in [-0.05, 0) is 52.1 Å². The van der Waals surface area contributed by atoms with Gasteiger partial charge in [-0.2, -0.15) is 11.3 Å². The topological polar surface area (TPSA) is 12.0 Å². The molecule has 1 aliphatic rings. The molecule has 1 N–H and O–H groups in total. The Hall–Kier alpha value is -0.340. The summed E-state index contributed by atoms with van der Waals surface area (Å²) < 4.78 is 0. The van der Waals surface area contributed by atoms with Crippen LogP contribution in [0.2, 0.25) is 0 Å². The molecular formula is C15H25NS. The van der Waals surface area contributed by atoms with Crippen molar-refractivity contribution in [3.8, 4) is 0 Å². The Morgan fingerprint density at radius 3 is 2.35 bits per heavy atom. The second kappa shape index (κ2) is 4.40. The van der Waals surface area contributed by atoms with Gasteiger partial charge >= 0.3 is 0 Å². The lowest BCUT2D eigenvalue weighted by Crippen LogP contribution is -2.35. The summed E-state index contributed by atoms with van der Waals surface area (Å²) >= 11 is 1.80. The lowest BCUT2D eigenvalue weighted by Gasteiger charge is -2.19. The van der Waals surface area contributed by atoms with Gasteiger partial charge in [-0.3, -0.25) is 0 Å². The average molecular weight is 251 g/mol. The maximum absolute atomic E-state index is 3.70. The molecule has 1 nitrogen and oxygen atoms in total. The van der Waals surface area contributed by atoms with Gasteiger partial charge < -0.3 is 5.32 Å². The normalized spacial score (nSPS) is 23.6. The zero-order valence-electron chi connectivity index (χ0n) is 11.7. The van der Waals surface area contributed by atoms with Crippen LogP contribution in [0.4, 0.5) is 0 Å². The van der Waals surface area contributed by atoms with E-state index in [0.29, 0.717) is 16.9 Å². The van der Waals surface area contributed by atoms with Crippen molar-refractivity contribution in [2.75, 3.05) is 6.54 Å². The predicted molar refractivity (Wildman–Crippen MR) is 76.5 cm³/mol. The molecule has 0 spiro atoms. The molecule has 0 radical (unpaired) electrons. The van der Waals surface area contributed by atoms with Gasteiger partial charge in [0.1, 0.15) is 0 Å². The summed E-state index contributed by atoms with van der Waals surface area (Å²) in [5.74, 6) is 0.787. The van der Waals surface area contributed by atoms with Gasteiger partial charge in [-0.25, -0.2) is 0 Å². The third-order valence-electron chi connectivity index (χ3n) is 5.04. The van der Waals surface area contributed by atoms with Gasteiger partial charge in [0, 0.05) is 6.04 Å². The van der Waals surface area contributed by atoms with Crippen LogP contribution in [0.3, 0.4) is 0 Å². The summed E-state index contributed by atoms with van der Waals surface area (Å²) in [4.78, 5) is 0. The van der Waals surface area contributed by atoms with Crippen LogP contribution in [0.1, 0.15) is 40.2 Å². The first-order chi connectivity index (χ1) is 7.91. The van der Waals surface area contributed by atoms with E-state index < -0.39 is 0 Å². The highest BCUT2D eigenvalue weighted by Gasteiger charge is 2.66. The van der Waals surface area contributed by atoms with Crippen molar-refractivity contribution in [1.82, 2.24) is 5.32 Å². The van der Waals surface area contributed by atoms with Gasteiger partial charge in [0.25, 0.3) is 0 Å². The summed E-state index contributed by atoms with van der Waals surface area (Å²) in [5, 5.41) is 8.17. The largest absolute Gasteiger partial charge is 0.314 e. The molecule has 0 saturated heterocycles. The van der Waals surface area contributed by atoms with E-state index in [-0.39, 0.29) is 0 Å². The molecule has 2 rings (SSSR count). The number of nitrogens with one attached hydrogen (secondary N) is 1. The fourth-order valence-corrected chi connectivity index (χ4v) is 4.17. The van der Waals surface area contributed by atoms with E-state index in [4.69, 9.17) is 0 Å². The van der Waals surface area contributed by atoms with Crippen molar-refractivity contribution in [3.63, 3.8) is 0 Å². The Morgan fingerprint density at radius 1 is 1.29 bits per heavy atom. The Balaban J connectivity index is 2.09. The summed E-state index contributed by atoms with van der Waals surface area (Å²) in [6.45, 7) is 12.9. The van der Waals surface area contributed by atoms with Gasteiger partial charge in [0.2, 0.25) is 0 Å². The molecule has 1 aromatic rings. The lowest BCUT2D eigenvalue weighted by atomic mass is 9.98. The molecule has 0 bridgehead atoms. The Kier molecular flexibility index (Phi) is 3.39. The molecule has 1 fully saturated rings. The van der Waals surface area contributed by atoms with Crippen LogP contribution in [0.15, 0.2) is 16.8 Å². The van der Waals surface area contributed by atoms with E-state index in [1.807, 2.05) is 0 Å². The monoisotopic (exact) mass is 251 g/mol. The first kappa shape index (κ1) is 13.1. The zero-order valence-corrected chi connectivity index (χ0v) is 12.5. The second-order valence-electron chi connectivity index (χ2n) is 6.42. The maximum Gasteiger partial charge on any atom is 0.0146 e. The van der Waals surface area contributed by atoms with Crippen molar-refractivity contribution in [1.29, 1.82) is 0 Å². The zero-order chi connectivity index (χ0) is 12.7. The van der Waals surface area contributed by atoms with Crippen LogP contribution in [0.5, 0.6) is 0 Å². The first-order valence-corrected chi connectivity index (χ1v) is 7.60. The highest BCUT2D eigenvalue weighted by molar-refractivity contribution is 7.07. The molecule has 96 valence electrons. The summed E-state index contributed by atoms with van der Waals surface area (Å²) in [7, 11) is 0. The molecule has 0 aliphatic heterocycles. The Bertz CT molecular complexity index is 350. The highest BCUT2D eigenvalue weighted by Crippen LogP contribution is 2.69. The number of hydrogen-bond donors (Lipinski definition) is 1. The van der Waals surface area contributed by atoms with Crippen LogP contribution in [0.25, 0.3) is 0 Å². The van der Waals surface area contributed by atoms with Gasteiger partial charge in [0.15, 0.2) is 0 Å². The smallest absolute Gasteiger partial charge is 0.0146 e. The fraction of sp³-hybridized carbons (Fsp3) is 0.733. The molecule has 1 aliphatic carbocycles. The second-order valence-corrected chi connectivity index (χ2v) is 7.20. The van der Waals surface area contributed by atoms with Crippen molar-refractivity contribution in [2.24, 2.45) is 16.7 Å². The minimum absolute atomic E-state index is 0.468. The van der Waals surface area contributed by atoms with Gasteiger partial charge in [-0.15, -0.1) is 0 Å². The van der Waals surface area contributed by atoms with Crippen LogP contribution in [-0.2, 0) is 6.42 Å². The highest BCUT2D eigenvalue weighted by atomic mass is 32.1. The molecule has 1 unspecified atom stereocenters. The van der Waals surface area contributed by atoms with E-state index in [1.165, 1.54) is 12.0 Å². The fourth-order valence-electron chi connectivity index (χ4n) is 3.49. The first-order valence-electron chi connectivity index (χ1n) is 6.65.